The van der Waals surface area contributed by atoms with E-state index in [9.17, 15) is 12.8 Å². The Bertz CT molecular complexity index is 499. The molecular weight excluding hydrogens is 257 g/mol. The molecule has 0 aromatic heterocycles. The molecule has 0 saturated heterocycles. The fourth-order valence-corrected chi connectivity index (χ4v) is 2.28. The Labute approximate surface area is 106 Å². The van der Waals surface area contributed by atoms with Gasteiger partial charge >= 0.3 is 0 Å². The summed E-state index contributed by atoms with van der Waals surface area (Å²) in [5, 5.41) is 0. The number of aliphatic imine (C=N–C) groups is 1. The van der Waals surface area contributed by atoms with Crippen molar-refractivity contribution in [3.8, 4) is 0 Å². The van der Waals surface area contributed by atoms with Gasteiger partial charge in [0.15, 0.2) is 9.84 Å². The topological polar surface area (TPSA) is 55.7 Å². The zero-order chi connectivity index (χ0) is 13.8. The van der Waals surface area contributed by atoms with Crippen molar-refractivity contribution in [1.29, 1.82) is 0 Å². The summed E-state index contributed by atoms with van der Waals surface area (Å²) in [6, 6.07) is 5.43. The van der Waals surface area contributed by atoms with Crippen LogP contribution in [-0.4, -0.2) is 41.2 Å². The first-order chi connectivity index (χ1) is 8.43. The van der Waals surface area contributed by atoms with E-state index in [4.69, 9.17) is 4.74 Å². The van der Waals surface area contributed by atoms with Gasteiger partial charge in [-0.25, -0.2) is 12.8 Å². The van der Waals surface area contributed by atoms with Crippen molar-refractivity contribution in [3.05, 3.63) is 29.8 Å². The zero-order valence-electron chi connectivity index (χ0n) is 10.3. The van der Waals surface area contributed by atoms with Gasteiger partial charge in [-0.05, 0) is 24.4 Å². The van der Waals surface area contributed by atoms with Gasteiger partial charge in [0.2, 0.25) is 0 Å². The van der Waals surface area contributed by atoms with Gasteiger partial charge in [-0.3, -0.25) is 4.99 Å². The van der Waals surface area contributed by atoms with E-state index in [2.05, 4.69) is 11.7 Å². The molecule has 2 atom stereocenters. The summed E-state index contributed by atoms with van der Waals surface area (Å²) in [7, 11) is -1.79. The Morgan fingerprint density at radius 2 is 1.94 bits per heavy atom. The van der Waals surface area contributed by atoms with Crippen LogP contribution in [-0.2, 0) is 14.6 Å². The van der Waals surface area contributed by atoms with Crippen molar-refractivity contribution in [2.45, 2.75) is 17.0 Å². The largest absolute Gasteiger partial charge is 0.374 e. The Balaban J connectivity index is 3.06. The van der Waals surface area contributed by atoms with Crippen LogP contribution < -0.4 is 0 Å². The molecule has 0 aliphatic rings. The van der Waals surface area contributed by atoms with Crippen LogP contribution in [0.3, 0.4) is 0 Å². The number of alkyl halides is 1. The summed E-state index contributed by atoms with van der Waals surface area (Å²) in [5.41, 5.74) is 0.667. The molecule has 18 heavy (non-hydrogen) atoms. The summed E-state index contributed by atoms with van der Waals surface area (Å²) in [5.74, 6) is 0. The highest BCUT2D eigenvalue weighted by Gasteiger charge is 2.22. The number of methoxy groups -OCH3 is 1. The first-order valence-electron chi connectivity index (χ1n) is 5.28. The first-order valence-corrected chi connectivity index (χ1v) is 7.17. The minimum absolute atomic E-state index is 0.212. The smallest absolute Gasteiger partial charge is 0.175 e. The van der Waals surface area contributed by atoms with E-state index in [1.165, 1.54) is 19.2 Å². The lowest BCUT2D eigenvalue weighted by atomic mass is 10.0. The van der Waals surface area contributed by atoms with Gasteiger partial charge in [-0.15, -0.1) is 0 Å². The molecule has 1 aromatic carbocycles. The molecule has 0 heterocycles. The number of halogens is 1. The third-order valence-electron chi connectivity index (χ3n) is 2.63. The van der Waals surface area contributed by atoms with Gasteiger partial charge in [-0.1, -0.05) is 12.1 Å². The molecule has 0 bridgehead atoms. The van der Waals surface area contributed by atoms with Crippen LogP contribution in [0.4, 0.5) is 4.39 Å². The van der Waals surface area contributed by atoms with E-state index in [0.717, 1.165) is 6.26 Å². The quantitative estimate of drug-likeness (QED) is 0.743. The van der Waals surface area contributed by atoms with E-state index in [1.54, 1.807) is 12.1 Å². The Hall–Kier alpha value is -1.27. The standard InChI is InChI=1S/C12H16FNO3S/c1-14-11(8-13)12(17-2)9-4-6-10(7-5-9)18(3,15)16/h4-7,11-12H,1,8H2,2-3H3/t11-,12-/m1/s1. The molecule has 4 nitrogen and oxygen atoms in total. The highest BCUT2D eigenvalue weighted by Crippen LogP contribution is 2.24. The maximum atomic E-state index is 12.7. The molecule has 0 amide bonds. The maximum Gasteiger partial charge on any atom is 0.175 e. The predicted molar refractivity (Wildman–Crippen MR) is 68.6 cm³/mol. The highest BCUT2D eigenvalue weighted by molar-refractivity contribution is 7.90. The summed E-state index contributed by atoms with van der Waals surface area (Å²) in [4.78, 5) is 3.87. The average molecular weight is 273 g/mol. The molecule has 0 N–H and O–H groups in total. The lowest BCUT2D eigenvalue weighted by molar-refractivity contribution is 0.0731. The van der Waals surface area contributed by atoms with Crippen molar-refractivity contribution in [2.75, 3.05) is 20.0 Å². The number of nitrogens with zero attached hydrogens (tertiary/aromatic N) is 1. The minimum atomic E-state index is -3.23. The van der Waals surface area contributed by atoms with Crippen LogP contribution in [0.1, 0.15) is 11.7 Å². The van der Waals surface area contributed by atoms with Crippen LogP contribution in [0.15, 0.2) is 34.2 Å². The molecule has 0 spiro atoms. The SMILES string of the molecule is C=N[C@H](CF)[C@H](OC)c1ccc(S(C)(=O)=O)cc1. The van der Waals surface area contributed by atoms with Crippen molar-refractivity contribution < 1.29 is 17.5 Å². The summed E-state index contributed by atoms with van der Waals surface area (Å²) in [6.07, 6.45) is 0.562. The zero-order valence-corrected chi connectivity index (χ0v) is 11.2. The predicted octanol–water partition coefficient (Wildman–Crippen LogP) is 1.82. The first kappa shape index (κ1) is 14.8. The molecule has 0 unspecified atom stereocenters. The van der Waals surface area contributed by atoms with E-state index >= 15 is 0 Å². The number of sulfone groups is 1. The summed E-state index contributed by atoms with van der Waals surface area (Å²) < 4.78 is 40.5. The third kappa shape index (κ3) is 3.36. The number of ether oxygens (including phenoxy) is 1. The fraction of sp³-hybridized carbons (Fsp3) is 0.417. The van der Waals surface area contributed by atoms with Crippen LogP contribution in [0.5, 0.6) is 0 Å². The second-order valence-corrected chi connectivity index (χ2v) is 5.92. The molecule has 0 aliphatic heterocycles. The number of hydrogen-bond acceptors (Lipinski definition) is 4. The van der Waals surface area contributed by atoms with Crippen LogP contribution in [0, 0.1) is 0 Å². The molecule has 1 aromatic rings. The molecule has 0 saturated carbocycles. The molecule has 1 rings (SSSR count). The summed E-state index contributed by atoms with van der Waals surface area (Å²) >= 11 is 0. The normalized spacial score (nSPS) is 15.1. The van der Waals surface area contributed by atoms with Crippen LogP contribution in [0.2, 0.25) is 0 Å². The maximum absolute atomic E-state index is 12.7. The Morgan fingerprint density at radius 1 is 1.39 bits per heavy atom. The van der Waals surface area contributed by atoms with Gasteiger partial charge in [0.05, 0.1) is 4.90 Å². The van der Waals surface area contributed by atoms with Crippen molar-refractivity contribution >= 4 is 16.6 Å². The molecule has 6 heteroatoms. The monoisotopic (exact) mass is 273 g/mol. The third-order valence-corrected chi connectivity index (χ3v) is 3.76. The Morgan fingerprint density at radius 3 is 2.28 bits per heavy atom. The minimum Gasteiger partial charge on any atom is -0.374 e. The van der Waals surface area contributed by atoms with E-state index in [0.29, 0.717) is 5.56 Å². The van der Waals surface area contributed by atoms with E-state index in [-0.39, 0.29) is 4.90 Å². The van der Waals surface area contributed by atoms with Crippen LogP contribution in [0.25, 0.3) is 0 Å². The number of benzene rings is 1. The van der Waals surface area contributed by atoms with Crippen LogP contribution >= 0.6 is 0 Å². The average Bonchev–Trinajstić information content (AvgIpc) is 2.35. The number of hydrogen-bond donors (Lipinski definition) is 0. The number of rotatable bonds is 6. The van der Waals surface area contributed by atoms with Crippen molar-refractivity contribution in [3.63, 3.8) is 0 Å². The van der Waals surface area contributed by atoms with Gasteiger partial charge < -0.3 is 4.74 Å². The Kier molecular flexibility index (Phi) is 4.98. The molecule has 0 aliphatic carbocycles. The summed E-state index contributed by atoms with van der Waals surface area (Å²) in [6.45, 7) is 2.63. The molecule has 0 radical (unpaired) electrons. The molecule has 100 valence electrons. The van der Waals surface area contributed by atoms with Crippen molar-refractivity contribution in [2.24, 2.45) is 4.99 Å². The highest BCUT2D eigenvalue weighted by atomic mass is 32.2. The van der Waals surface area contributed by atoms with E-state index < -0.39 is 28.7 Å². The lowest BCUT2D eigenvalue weighted by Crippen LogP contribution is -2.20. The van der Waals surface area contributed by atoms with Gasteiger partial charge in [0, 0.05) is 13.4 Å². The molecule has 0 fully saturated rings. The van der Waals surface area contributed by atoms with Gasteiger partial charge in [-0.2, -0.15) is 0 Å². The lowest BCUT2D eigenvalue weighted by Gasteiger charge is -2.20. The second-order valence-electron chi connectivity index (χ2n) is 3.90. The van der Waals surface area contributed by atoms with E-state index in [1.807, 2.05) is 0 Å². The second kappa shape index (κ2) is 6.06. The van der Waals surface area contributed by atoms with Crippen molar-refractivity contribution in [1.82, 2.24) is 0 Å². The van der Waals surface area contributed by atoms with Gasteiger partial charge in [0.25, 0.3) is 0 Å². The van der Waals surface area contributed by atoms with Gasteiger partial charge in [0.1, 0.15) is 18.8 Å². The fourth-order valence-electron chi connectivity index (χ4n) is 1.65. The molecular formula is C12H16FNO3S.